The highest BCUT2D eigenvalue weighted by Crippen LogP contribution is 2.23. The number of nitrogens with zero attached hydrogens (tertiary/aromatic N) is 2. The maximum atomic E-state index is 13.6. The summed E-state index contributed by atoms with van der Waals surface area (Å²) in [5, 5.41) is 5.94. The standard InChI is InChI=1S/C16H15F2N3O3/c17-10-1-3-14(12(18)9-10)24-11-5-7-21(8-6-11)16(23)13-2-4-15(22)20-19-13/h1-4,9,11H,5-8H2,(H,20,22). The molecule has 0 spiro atoms. The van der Waals surface area contributed by atoms with Crippen LogP contribution in [0.1, 0.15) is 23.3 Å². The van der Waals surface area contributed by atoms with Gasteiger partial charge in [0, 0.05) is 38.1 Å². The van der Waals surface area contributed by atoms with Crippen molar-refractivity contribution in [2.45, 2.75) is 18.9 Å². The van der Waals surface area contributed by atoms with Crippen molar-refractivity contribution in [3.8, 4) is 5.75 Å². The van der Waals surface area contributed by atoms with E-state index in [0.717, 1.165) is 12.1 Å². The Kier molecular flexibility index (Phi) is 4.54. The van der Waals surface area contributed by atoms with Gasteiger partial charge in [0.1, 0.15) is 17.6 Å². The van der Waals surface area contributed by atoms with E-state index in [-0.39, 0.29) is 29.0 Å². The van der Waals surface area contributed by atoms with E-state index in [1.807, 2.05) is 0 Å². The number of amides is 1. The van der Waals surface area contributed by atoms with Crippen LogP contribution in [0.4, 0.5) is 8.78 Å². The summed E-state index contributed by atoms with van der Waals surface area (Å²) in [7, 11) is 0. The molecule has 1 N–H and O–H groups in total. The minimum absolute atomic E-state index is 0.00322. The summed E-state index contributed by atoms with van der Waals surface area (Å²) in [6, 6.07) is 5.78. The lowest BCUT2D eigenvalue weighted by Gasteiger charge is -2.32. The normalized spacial score (nSPS) is 15.3. The van der Waals surface area contributed by atoms with Gasteiger partial charge in [-0.15, -0.1) is 0 Å². The smallest absolute Gasteiger partial charge is 0.274 e. The van der Waals surface area contributed by atoms with Crippen LogP contribution in [-0.2, 0) is 0 Å². The van der Waals surface area contributed by atoms with Gasteiger partial charge < -0.3 is 9.64 Å². The predicted molar refractivity (Wildman–Crippen MR) is 80.8 cm³/mol. The number of aromatic amines is 1. The van der Waals surface area contributed by atoms with Crippen LogP contribution < -0.4 is 10.3 Å². The van der Waals surface area contributed by atoms with Gasteiger partial charge in [0.15, 0.2) is 11.6 Å². The highest BCUT2D eigenvalue weighted by molar-refractivity contribution is 5.92. The second-order valence-electron chi connectivity index (χ2n) is 5.49. The summed E-state index contributed by atoms with van der Waals surface area (Å²) < 4.78 is 32.0. The molecular formula is C16H15F2N3O3. The number of aromatic nitrogens is 2. The maximum absolute atomic E-state index is 13.6. The summed E-state index contributed by atoms with van der Waals surface area (Å²) in [6.45, 7) is 0.847. The summed E-state index contributed by atoms with van der Waals surface area (Å²) >= 11 is 0. The lowest BCUT2D eigenvalue weighted by atomic mass is 10.1. The Morgan fingerprint density at radius 1 is 1.21 bits per heavy atom. The van der Waals surface area contributed by atoms with Crippen molar-refractivity contribution >= 4 is 5.91 Å². The summed E-state index contributed by atoms with van der Waals surface area (Å²) in [4.78, 5) is 24.8. The molecule has 1 saturated heterocycles. The SMILES string of the molecule is O=C(c1ccc(=O)[nH]n1)N1CCC(Oc2ccc(F)cc2F)CC1. The van der Waals surface area contributed by atoms with E-state index in [0.29, 0.717) is 25.9 Å². The van der Waals surface area contributed by atoms with E-state index in [4.69, 9.17) is 4.74 Å². The van der Waals surface area contributed by atoms with E-state index >= 15 is 0 Å². The second kappa shape index (κ2) is 6.77. The number of hydrogen-bond donors (Lipinski definition) is 1. The van der Waals surface area contributed by atoms with Gasteiger partial charge in [-0.25, -0.2) is 13.9 Å². The molecule has 1 aromatic carbocycles. The number of ether oxygens (including phenoxy) is 1. The molecule has 2 aromatic rings. The average molecular weight is 335 g/mol. The molecule has 0 atom stereocenters. The van der Waals surface area contributed by atoms with E-state index in [2.05, 4.69) is 10.2 Å². The van der Waals surface area contributed by atoms with Crippen LogP contribution in [0.3, 0.4) is 0 Å². The van der Waals surface area contributed by atoms with Crippen molar-refractivity contribution in [3.63, 3.8) is 0 Å². The van der Waals surface area contributed by atoms with Gasteiger partial charge in [-0.3, -0.25) is 9.59 Å². The van der Waals surface area contributed by atoms with Gasteiger partial charge >= 0.3 is 0 Å². The van der Waals surface area contributed by atoms with Crippen LogP contribution >= 0.6 is 0 Å². The number of nitrogens with one attached hydrogen (secondary N) is 1. The Hall–Kier alpha value is -2.77. The van der Waals surface area contributed by atoms with Crippen molar-refractivity contribution in [1.29, 1.82) is 0 Å². The first kappa shape index (κ1) is 16.1. The van der Waals surface area contributed by atoms with Gasteiger partial charge in [-0.1, -0.05) is 0 Å². The third-order valence-corrected chi connectivity index (χ3v) is 3.82. The largest absolute Gasteiger partial charge is 0.487 e. The molecule has 0 bridgehead atoms. The zero-order chi connectivity index (χ0) is 17.1. The molecular weight excluding hydrogens is 320 g/mol. The van der Waals surface area contributed by atoms with Gasteiger partial charge in [0.25, 0.3) is 11.5 Å². The van der Waals surface area contributed by atoms with E-state index in [1.54, 1.807) is 4.90 Å². The first-order valence-corrected chi connectivity index (χ1v) is 7.49. The fraction of sp³-hybridized carbons (Fsp3) is 0.312. The van der Waals surface area contributed by atoms with Crippen molar-refractivity contribution < 1.29 is 18.3 Å². The first-order chi connectivity index (χ1) is 11.5. The highest BCUT2D eigenvalue weighted by atomic mass is 19.1. The number of likely N-dealkylation sites (tertiary alicyclic amines) is 1. The van der Waals surface area contributed by atoms with Crippen LogP contribution in [0.25, 0.3) is 0 Å². The third kappa shape index (κ3) is 3.58. The van der Waals surface area contributed by atoms with Crippen molar-refractivity contribution in [2.24, 2.45) is 0 Å². The van der Waals surface area contributed by atoms with Crippen LogP contribution in [-0.4, -0.2) is 40.2 Å². The number of piperidine rings is 1. The molecule has 1 aliphatic heterocycles. The maximum Gasteiger partial charge on any atom is 0.274 e. The van der Waals surface area contributed by atoms with Crippen LogP contribution in [0.15, 0.2) is 35.1 Å². The van der Waals surface area contributed by atoms with E-state index < -0.39 is 11.6 Å². The van der Waals surface area contributed by atoms with Gasteiger partial charge in [0.05, 0.1) is 0 Å². The zero-order valence-corrected chi connectivity index (χ0v) is 12.7. The van der Waals surface area contributed by atoms with Crippen molar-refractivity contribution in [3.05, 3.63) is 58.0 Å². The quantitative estimate of drug-likeness (QED) is 0.927. The van der Waals surface area contributed by atoms with Crippen LogP contribution in [0.2, 0.25) is 0 Å². The molecule has 1 aromatic heterocycles. The fourth-order valence-corrected chi connectivity index (χ4v) is 2.55. The fourth-order valence-electron chi connectivity index (χ4n) is 2.55. The Labute approximate surface area is 136 Å². The Morgan fingerprint density at radius 3 is 2.58 bits per heavy atom. The zero-order valence-electron chi connectivity index (χ0n) is 12.7. The van der Waals surface area contributed by atoms with Crippen LogP contribution in [0.5, 0.6) is 5.75 Å². The van der Waals surface area contributed by atoms with Crippen molar-refractivity contribution in [1.82, 2.24) is 15.1 Å². The molecule has 3 rings (SSSR count). The molecule has 8 heteroatoms. The Morgan fingerprint density at radius 2 is 1.96 bits per heavy atom. The highest BCUT2D eigenvalue weighted by Gasteiger charge is 2.26. The van der Waals surface area contributed by atoms with Crippen molar-refractivity contribution in [2.75, 3.05) is 13.1 Å². The molecule has 0 saturated carbocycles. The van der Waals surface area contributed by atoms with Crippen LogP contribution in [0, 0.1) is 11.6 Å². The third-order valence-electron chi connectivity index (χ3n) is 3.82. The summed E-state index contributed by atoms with van der Waals surface area (Å²) in [5.74, 6) is -1.68. The van der Waals surface area contributed by atoms with E-state index in [9.17, 15) is 18.4 Å². The number of H-pyrrole nitrogens is 1. The number of carbonyl (C=O) groups is 1. The lowest BCUT2D eigenvalue weighted by molar-refractivity contribution is 0.0581. The molecule has 126 valence electrons. The molecule has 1 amide bonds. The summed E-state index contributed by atoms with van der Waals surface area (Å²) in [6.07, 6.45) is 0.787. The average Bonchev–Trinajstić information content (AvgIpc) is 2.58. The van der Waals surface area contributed by atoms with E-state index in [1.165, 1.54) is 18.2 Å². The Balaban J connectivity index is 1.58. The Bertz CT molecular complexity index is 781. The minimum atomic E-state index is -0.744. The lowest BCUT2D eigenvalue weighted by Crippen LogP contribution is -2.42. The minimum Gasteiger partial charge on any atom is -0.487 e. The topological polar surface area (TPSA) is 75.3 Å². The number of halogens is 2. The molecule has 1 fully saturated rings. The molecule has 0 radical (unpaired) electrons. The molecule has 24 heavy (non-hydrogen) atoms. The monoisotopic (exact) mass is 335 g/mol. The molecule has 1 aliphatic rings. The molecule has 2 heterocycles. The summed E-state index contributed by atoms with van der Waals surface area (Å²) in [5.41, 5.74) is -0.210. The number of rotatable bonds is 3. The second-order valence-corrected chi connectivity index (χ2v) is 5.49. The molecule has 0 unspecified atom stereocenters. The molecule has 6 nitrogen and oxygen atoms in total. The first-order valence-electron chi connectivity index (χ1n) is 7.49. The number of carbonyl (C=O) groups excluding carboxylic acids is 1. The number of benzene rings is 1. The number of hydrogen-bond acceptors (Lipinski definition) is 4. The predicted octanol–water partition coefficient (Wildman–Crippen LogP) is 1.73. The molecule has 0 aliphatic carbocycles. The van der Waals surface area contributed by atoms with Gasteiger partial charge in [-0.05, 0) is 18.2 Å². The van der Waals surface area contributed by atoms with Gasteiger partial charge in [-0.2, -0.15) is 5.10 Å². The van der Waals surface area contributed by atoms with Gasteiger partial charge in [0.2, 0.25) is 0 Å².